The van der Waals surface area contributed by atoms with Gasteiger partial charge in [0.2, 0.25) is 0 Å². The Bertz CT molecular complexity index is 826. The Morgan fingerprint density at radius 1 is 1.03 bits per heavy atom. The number of halogens is 3. The van der Waals surface area contributed by atoms with Crippen LogP contribution in [0.25, 0.3) is 0 Å². The summed E-state index contributed by atoms with van der Waals surface area (Å²) in [5, 5.41) is 2.63. The molecule has 0 saturated carbocycles. The van der Waals surface area contributed by atoms with E-state index in [9.17, 15) is 18.0 Å². The number of thiazole rings is 1. The third-order valence-electron chi connectivity index (χ3n) is 5.88. The van der Waals surface area contributed by atoms with Crippen LogP contribution in [0, 0.1) is 0 Å². The van der Waals surface area contributed by atoms with E-state index in [0.29, 0.717) is 24.7 Å². The monoisotopic (exact) mass is 439 g/mol. The van der Waals surface area contributed by atoms with E-state index in [4.69, 9.17) is 4.74 Å². The molecule has 2 aliphatic rings. The van der Waals surface area contributed by atoms with Gasteiger partial charge in [0.1, 0.15) is 6.10 Å². The highest BCUT2D eigenvalue weighted by Crippen LogP contribution is 2.30. The summed E-state index contributed by atoms with van der Waals surface area (Å²) in [6.45, 7) is 3.18. The first-order valence-electron chi connectivity index (χ1n) is 10.2. The van der Waals surface area contributed by atoms with Crippen LogP contribution in [0.5, 0.6) is 5.19 Å². The fourth-order valence-electron chi connectivity index (χ4n) is 4.19. The van der Waals surface area contributed by atoms with Crippen molar-refractivity contribution < 1.29 is 22.7 Å². The Labute approximate surface area is 177 Å². The lowest BCUT2D eigenvalue weighted by Crippen LogP contribution is -2.50. The topological polar surface area (TPSA) is 45.7 Å². The van der Waals surface area contributed by atoms with Crippen LogP contribution in [0.15, 0.2) is 35.8 Å². The number of likely N-dealkylation sites (tertiary alicyclic amines) is 2. The molecule has 2 fully saturated rings. The number of amides is 1. The van der Waals surface area contributed by atoms with Crippen molar-refractivity contribution in [3.63, 3.8) is 0 Å². The normalized spacial score (nSPS) is 19.8. The molecule has 2 aromatic rings. The molecule has 0 N–H and O–H groups in total. The molecule has 162 valence electrons. The van der Waals surface area contributed by atoms with Crippen molar-refractivity contribution in [1.82, 2.24) is 14.8 Å². The van der Waals surface area contributed by atoms with Crippen LogP contribution in [0.2, 0.25) is 0 Å². The minimum atomic E-state index is -4.39. The molecule has 0 atom stereocenters. The van der Waals surface area contributed by atoms with E-state index < -0.39 is 11.7 Å². The molecule has 0 aliphatic carbocycles. The summed E-state index contributed by atoms with van der Waals surface area (Å²) in [5.74, 6) is -0.197. The predicted molar refractivity (Wildman–Crippen MR) is 108 cm³/mol. The second kappa shape index (κ2) is 8.93. The molecule has 0 radical (unpaired) electrons. The summed E-state index contributed by atoms with van der Waals surface area (Å²) in [6, 6.07) is 4.91. The van der Waals surface area contributed by atoms with Gasteiger partial charge < -0.3 is 9.64 Å². The summed E-state index contributed by atoms with van der Waals surface area (Å²) >= 11 is 1.51. The first-order chi connectivity index (χ1) is 14.4. The molecule has 5 nitrogen and oxygen atoms in total. The first kappa shape index (κ1) is 21.1. The number of aromatic nitrogens is 1. The largest absolute Gasteiger partial charge is 0.467 e. The smallest absolute Gasteiger partial charge is 0.416 e. The highest BCUT2D eigenvalue weighted by molar-refractivity contribution is 7.11. The van der Waals surface area contributed by atoms with Gasteiger partial charge in [0.05, 0.1) is 5.56 Å². The van der Waals surface area contributed by atoms with Gasteiger partial charge in [0.15, 0.2) is 0 Å². The Morgan fingerprint density at radius 2 is 1.70 bits per heavy atom. The molecule has 4 rings (SSSR count). The van der Waals surface area contributed by atoms with Gasteiger partial charge >= 0.3 is 6.18 Å². The van der Waals surface area contributed by atoms with Crippen molar-refractivity contribution in [1.29, 1.82) is 0 Å². The number of carbonyl (C=O) groups excluding carboxylic acids is 1. The molecule has 3 heterocycles. The van der Waals surface area contributed by atoms with Crippen molar-refractivity contribution >= 4 is 17.2 Å². The maximum Gasteiger partial charge on any atom is 0.416 e. The third-order valence-corrected chi connectivity index (χ3v) is 6.54. The maximum atomic E-state index is 12.7. The van der Waals surface area contributed by atoms with Gasteiger partial charge in [-0.15, -0.1) is 0 Å². The molecule has 1 amide bonds. The van der Waals surface area contributed by atoms with E-state index in [2.05, 4.69) is 9.88 Å². The fourth-order valence-corrected chi connectivity index (χ4v) is 4.74. The van der Waals surface area contributed by atoms with Gasteiger partial charge in [-0.2, -0.15) is 13.2 Å². The molecule has 1 aromatic carbocycles. The summed E-state index contributed by atoms with van der Waals surface area (Å²) in [5.41, 5.74) is -0.429. The van der Waals surface area contributed by atoms with E-state index >= 15 is 0 Å². The van der Waals surface area contributed by atoms with Crippen LogP contribution < -0.4 is 4.74 Å². The highest BCUT2D eigenvalue weighted by atomic mass is 32.1. The first-order valence-corrected chi connectivity index (χ1v) is 11.0. The number of benzene rings is 1. The SMILES string of the molecule is O=C(c1ccc(C(F)(F)F)cc1)N1CCC(N2CCC(Oc3nccs3)CC2)CC1. The molecule has 0 spiro atoms. The van der Waals surface area contributed by atoms with E-state index in [-0.39, 0.29) is 12.0 Å². The minimum absolute atomic E-state index is 0.197. The van der Waals surface area contributed by atoms with Crippen LogP contribution in [0.4, 0.5) is 13.2 Å². The summed E-state index contributed by atoms with van der Waals surface area (Å²) in [4.78, 5) is 21.0. The van der Waals surface area contributed by atoms with Crippen molar-refractivity contribution in [2.75, 3.05) is 26.2 Å². The van der Waals surface area contributed by atoms with Gasteiger partial charge in [0, 0.05) is 49.4 Å². The summed E-state index contributed by atoms with van der Waals surface area (Å²) in [6.07, 6.45) is 1.24. The van der Waals surface area contributed by atoms with E-state index in [1.807, 2.05) is 5.38 Å². The van der Waals surface area contributed by atoms with Gasteiger partial charge in [-0.3, -0.25) is 9.69 Å². The van der Waals surface area contributed by atoms with Crippen LogP contribution in [0.1, 0.15) is 41.6 Å². The average Bonchev–Trinajstić information content (AvgIpc) is 3.26. The number of carbonyl (C=O) groups is 1. The van der Waals surface area contributed by atoms with Crippen molar-refractivity contribution in [3.8, 4) is 5.19 Å². The van der Waals surface area contributed by atoms with Crippen LogP contribution in [-0.2, 0) is 6.18 Å². The van der Waals surface area contributed by atoms with Crippen LogP contribution in [0.3, 0.4) is 0 Å². The number of nitrogens with zero attached hydrogens (tertiary/aromatic N) is 3. The summed E-state index contributed by atoms with van der Waals surface area (Å²) in [7, 11) is 0. The number of rotatable bonds is 4. The predicted octanol–water partition coefficient (Wildman–Crippen LogP) is 4.31. The van der Waals surface area contributed by atoms with Gasteiger partial charge in [-0.05, 0) is 49.9 Å². The number of piperidine rings is 2. The lowest BCUT2D eigenvalue weighted by atomic mass is 9.98. The third kappa shape index (κ3) is 4.95. The summed E-state index contributed by atoms with van der Waals surface area (Å²) < 4.78 is 44.0. The number of hydrogen-bond donors (Lipinski definition) is 0. The minimum Gasteiger partial charge on any atom is -0.467 e. The van der Waals surface area contributed by atoms with E-state index in [1.165, 1.54) is 23.5 Å². The lowest BCUT2D eigenvalue weighted by Gasteiger charge is -2.41. The second-order valence-electron chi connectivity index (χ2n) is 7.75. The molecule has 2 aliphatic heterocycles. The van der Waals surface area contributed by atoms with E-state index in [1.54, 1.807) is 11.1 Å². The van der Waals surface area contributed by atoms with Gasteiger partial charge in [-0.1, -0.05) is 11.3 Å². The Morgan fingerprint density at radius 3 is 2.27 bits per heavy atom. The quantitative estimate of drug-likeness (QED) is 0.712. The van der Waals surface area contributed by atoms with E-state index in [0.717, 1.165) is 56.1 Å². The molecule has 2 saturated heterocycles. The highest BCUT2D eigenvalue weighted by Gasteiger charge is 2.32. The zero-order chi connectivity index (χ0) is 21.1. The number of hydrogen-bond acceptors (Lipinski definition) is 5. The Kier molecular flexibility index (Phi) is 6.29. The van der Waals surface area contributed by atoms with Gasteiger partial charge in [0.25, 0.3) is 11.1 Å². The zero-order valence-electron chi connectivity index (χ0n) is 16.5. The maximum absolute atomic E-state index is 12.7. The number of alkyl halides is 3. The average molecular weight is 440 g/mol. The zero-order valence-corrected chi connectivity index (χ0v) is 17.3. The lowest BCUT2D eigenvalue weighted by molar-refractivity contribution is -0.137. The number of ether oxygens (including phenoxy) is 1. The molecular weight excluding hydrogens is 415 g/mol. The molecular formula is C21H24F3N3O2S. The van der Waals surface area contributed by atoms with Crippen molar-refractivity contribution in [2.45, 2.75) is 44.0 Å². The van der Waals surface area contributed by atoms with Crippen LogP contribution >= 0.6 is 11.3 Å². The van der Waals surface area contributed by atoms with Gasteiger partial charge in [-0.25, -0.2) is 4.98 Å². The van der Waals surface area contributed by atoms with Crippen molar-refractivity contribution in [2.24, 2.45) is 0 Å². The second-order valence-corrected chi connectivity index (χ2v) is 8.61. The molecule has 1 aromatic heterocycles. The fraction of sp³-hybridized carbons (Fsp3) is 0.524. The molecule has 0 unspecified atom stereocenters. The van der Waals surface area contributed by atoms with Crippen molar-refractivity contribution in [3.05, 3.63) is 47.0 Å². The standard InChI is InChI=1S/C21H24F3N3O2S/c22-21(23,24)16-3-1-15(2-4-16)19(28)27-10-5-17(6-11-27)26-12-7-18(8-13-26)29-20-25-9-14-30-20/h1-4,9,14,17-18H,5-8,10-13H2. The molecule has 0 bridgehead atoms. The molecule has 9 heteroatoms. The Balaban J connectivity index is 1.24. The van der Waals surface area contributed by atoms with Crippen LogP contribution in [-0.4, -0.2) is 59.0 Å². The molecule has 30 heavy (non-hydrogen) atoms. The Hall–Kier alpha value is -2.13.